The van der Waals surface area contributed by atoms with Gasteiger partial charge in [0, 0.05) is 16.8 Å². The van der Waals surface area contributed by atoms with Crippen LogP contribution in [0.3, 0.4) is 0 Å². The summed E-state index contributed by atoms with van der Waals surface area (Å²) in [5.74, 6) is -0.168. The molecule has 2 rings (SSSR count). The van der Waals surface area contributed by atoms with Crippen molar-refractivity contribution in [3.63, 3.8) is 0 Å². The Kier molecular flexibility index (Phi) is 4.97. The highest BCUT2D eigenvalue weighted by Gasteiger charge is 2.00. The monoisotopic (exact) mass is 285 g/mol. The van der Waals surface area contributed by atoms with Crippen molar-refractivity contribution in [1.82, 2.24) is 0 Å². The molecule has 0 aromatic heterocycles. The van der Waals surface area contributed by atoms with Crippen molar-refractivity contribution < 1.29 is 4.79 Å². The second-order valence-electron chi connectivity index (χ2n) is 4.40. The van der Waals surface area contributed by atoms with Gasteiger partial charge in [-0.3, -0.25) is 4.79 Å². The SMILES string of the molecule is CCc1cccc(NC(=O)/C=C\c2ccccc2Cl)c1. The first-order valence-corrected chi connectivity index (χ1v) is 6.89. The van der Waals surface area contributed by atoms with Gasteiger partial charge < -0.3 is 5.32 Å². The zero-order chi connectivity index (χ0) is 14.4. The van der Waals surface area contributed by atoms with E-state index in [0.29, 0.717) is 5.02 Å². The third kappa shape index (κ3) is 3.97. The van der Waals surface area contributed by atoms with Crippen molar-refractivity contribution >= 4 is 29.3 Å². The number of nitrogens with one attached hydrogen (secondary N) is 1. The number of amides is 1. The minimum atomic E-state index is -0.168. The van der Waals surface area contributed by atoms with Gasteiger partial charge in [0.25, 0.3) is 0 Å². The summed E-state index contributed by atoms with van der Waals surface area (Å²) in [6.07, 6.45) is 4.14. The molecular formula is C17H16ClNO. The Labute approximate surface area is 124 Å². The maximum atomic E-state index is 11.9. The molecule has 0 aliphatic carbocycles. The van der Waals surface area contributed by atoms with Gasteiger partial charge in [-0.05, 0) is 41.8 Å². The number of hydrogen-bond donors (Lipinski definition) is 1. The Morgan fingerprint density at radius 2 is 2.00 bits per heavy atom. The first-order chi connectivity index (χ1) is 9.69. The molecule has 0 heterocycles. The number of anilines is 1. The molecule has 0 saturated carbocycles. The van der Waals surface area contributed by atoms with Crippen LogP contribution in [0, 0.1) is 0 Å². The summed E-state index contributed by atoms with van der Waals surface area (Å²) in [4.78, 5) is 11.9. The lowest BCUT2D eigenvalue weighted by atomic mass is 10.1. The van der Waals surface area contributed by atoms with Crippen LogP contribution in [-0.4, -0.2) is 5.91 Å². The summed E-state index contributed by atoms with van der Waals surface area (Å²) >= 11 is 6.02. The zero-order valence-electron chi connectivity index (χ0n) is 11.3. The molecule has 0 spiro atoms. The topological polar surface area (TPSA) is 29.1 Å². The van der Waals surface area contributed by atoms with Gasteiger partial charge in [0.15, 0.2) is 0 Å². The van der Waals surface area contributed by atoms with E-state index in [2.05, 4.69) is 12.2 Å². The van der Waals surface area contributed by atoms with Crippen LogP contribution in [0.5, 0.6) is 0 Å². The fraction of sp³-hybridized carbons (Fsp3) is 0.118. The van der Waals surface area contributed by atoms with Crippen molar-refractivity contribution in [2.24, 2.45) is 0 Å². The smallest absolute Gasteiger partial charge is 0.248 e. The molecule has 3 heteroatoms. The van der Waals surface area contributed by atoms with E-state index >= 15 is 0 Å². The Balaban J connectivity index is 2.04. The molecule has 0 atom stereocenters. The minimum absolute atomic E-state index is 0.168. The van der Waals surface area contributed by atoms with Crippen LogP contribution >= 0.6 is 11.6 Å². The summed E-state index contributed by atoms with van der Waals surface area (Å²) in [7, 11) is 0. The molecular weight excluding hydrogens is 270 g/mol. The maximum Gasteiger partial charge on any atom is 0.248 e. The van der Waals surface area contributed by atoms with E-state index in [1.165, 1.54) is 11.6 Å². The van der Waals surface area contributed by atoms with Crippen molar-refractivity contribution in [1.29, 1.82) is 0 Å². The predicted molar refractivity (Wildman–Crippen MR) is 84.9 cm³/mol. The van der Waals surface area contributed by atoms with Gasteiger partial charge in [0.05, 0.1) is 0 Å². The average molecular weight is 286 g/mol. The number of benzene rings is 2. The molecule has 2 aromatic rings. The summed E-state index contributed by atoms with van der Waals surface area (Å²) in [5.41, 5.74) is 2.82. The summed E-state index contributed by atoms with van der Waals surface area (Å²) in [6, 6.07) is 15.2. The molecule has 1 N–H and O–H groups in total. The van der Waals surface area contributed by atoms with Crippen LogP contribution in [0.4, 0.5) is 5.69 Å². The van der Waals surface area contributed by atoms with Crippen LogP contribution < -0.4 is 5.32 Å². The van der Waals surface area contributed by atoms with E-state index in [1.807, 2.05) is 42.5 Å². The van der Waals surface area contributed by atoms with Crippen LogP contribution in [0.25, 0.3) is 6.08 Å². The fourth-order valence-electron chi connectivity index (χ4n) is 1.83. The van der Waals surface area contributed by atoms with Gasteiger partial charge >= 0.3 is 0 Å². The molecule has 0 aliphatic rings. The van der Waals surface area contributed by atoms with Gasteiger partial charge in [0.1, 0.15) is 0 Å². The first-order valence-electron chi connectivity index (χ1n) is 6.51. The summed E-state index contributed by atoms with van der Waals surface area (Å²) in [6.45, 7) is 2.08. The second-order valence-corrected chi connectivity index (χ2v) is 4.81. The average Bonchev–Trinajstić information content (AvgIpc) is 2.46. The second kappa shape index (κ2) is 6.92. The van der Waals surface area contributed by atoms with E-state index in [-0.39, 0.29) is 5.91 Å². The lowest BCUT2D eigenvalue weighted by molar-refractivity contribution is -0.111. The van der Waals surface area contributed by atoms with Gasteiger partial charge in [-0.2, -0.15) is 0 Å². The Morgan fingerprint density at radius 1 is 1.20 bits per heavy atom. The normalized spacial score (nSPS) is 10.7. The third-order valence-electron chi connectivity index (χ3n) is 2.92. The highest BCUT2D eigenvalue weighted by Crippen LogP contribution is 2.16. The third-order valence-corrected chi connectivity index (χ3v) is 3.27. The Hall–Kier alpha value is -2.06. The molecule has 0 aliphatic heterocycles. The molecule has 0 fully saturated rings. The standard InChI is InChI=1S/C17H16ClNO/c1-2-13-6-5-8-15(12-13)19-17(20)11-10-14-7-3-4-9-16(14)18/h3-12H,2H2,1H3,(H,19,20)/b11-10-. The van der Waals surface area contributed by atoms with E-state index in [4.69, 9.17) is 11.6 Å². The van der Waals surface area contributed by atoms with E-state index in [1.54, 1.807) is 12.1 Å². The molecule has 0 bridgehead atoms. The molecule has 2 nitrogen and oxygen atoms in total. The van der Waals surface area contributed by atoms with Gasteiger partial charge in [0.2, 0.25) is 5.91 Å². The number of aryl methyl sites for hydroxylation is 1. The summed E-state index contributed by atoms with van der Waals surface area (Å²) < 4.78 is 0. The Morgan fingerprint density at radius 3 is 2.75 bits per heavy atom. The van der Waals surface area contributed by atoms with Crippen molar-refractivity contribution in [3.8, 4) is 0 Å². The molecule has 2 aromatic carbocycles. The summed E-state index contributed by atoms with van der Waals surface area (Å²) in [5, 5.41) is 3.47. The van der Waals surface area contributed by atoms with Crippen molar-refractivity contribution in [3.05, 3.63) is 70.8 Å². The molecule has 0 radical (unpaired) electrons. The first kappa shape index (κ1) is 14.4. The molecule has 0 saturated heterocycles. The van der Waals surface area contributed by atoms with E-state index in [9.17, 15) is 4.79 Å². The van der Waals surface area contributed by atoms with Gasteiger partial charge in [-0.15, -0.1) is 0 Å². The minimum Gasteiger partial charge on any atom is -0.323 e. The van der Waals surface area contributed by atoms with Crippen molar-refractivity contribution in [2.45, 2.75) is 13.3 Å². The van der Waals surface area contributed by atoms with Crippen LogP contribution in [0.2, 0.25) is 5.02 Å². The molecule has 102 valence electrons. The quantitative estimate of drug-likeness (QED) is 0.820. The molecule has 1 amide bonds. The molecule has 0 unspecified atom stereocenters. The Bertz CT molecular complexity index is 634. The van der Waals surface area contributed by atoms with E-state index < -0.39 is 0 Å². The molecule has 20 heavy (non-hydrogen) atoms. The van der Waals surface area contributed by atoms with Gasteiger partial charge in [-0.1, -0.05) is 48.9 Å². The largest absolute Gasteiger partial charge is 0.323 e. The lowest BCUT2D eigenvalue weighted by Gasteiger charge is -2.04. The lowest BCUT2D eigenvalue weighted by Crippen LogP contribution is -2.07. The number of carbonyl (C=O) groups excluding carboxylic acids is 1. The van der Waals surface area contributed by atoms with Crippen LogP contribution in [0.1, 0.15) is 18.1 Å². The fourth-order valence-corrected chi connectivity index (χ4v) is 2.03. The highest BCUT2D eigenvalue weighted by atomic mass is 35.5. The zero-order valence-corrected chi connectivity index (χ0v) is 12.0. The van der Waals surface area contributed by atoms with Crippen molar-refractivity contribution in [2.75, 3.05) is 5.32 Å². The number of hydrogen-bond acceptors (Lipinski definition) is 1. The van der Waals surface area contributed by atoms with E-state index in [0.717, 1.165) is 17.7 Å². The van der Waals surface area contributed by atoms with Crippen LogP contribution in [-0.2, 0) is 11.2 Å². The number of halogens is 1. The highest BCUT2D eigenvalue weighted by molar-refractivity contribution is 6.32. The number of rotatable bonds is 4. The van der Waals surface area contributed by atoms with Gasteiger partial charge in [-0.25, -0.2) is 0 Å². The van der Waals surface area contributed by atoms with Crippen LogP contribution in [0.15, 0.2) is 54.6 Å². The predicted octanol–water partition coefficient (Wildman–Crippen LogP) is 4.55. The number of carbonyl (C=O) groups is 1. The maximum absolute atomic E-state index is 11.9.